The van der Waals surface area contributed by atoms with Crippen LogP contribution in [0, 0.1) is 12.8 Å². The molecular formula is C24H26N4O. The first-order valence-corrected chi connectivity index (χ1v) is 10.2. The Kier molecular flexibility index (Phi) is 5.84. The average molecular weight is 386 g/mol. The largest absolute Gasteiger partial charge is 0.345 e. The number of benzene rings is 2. The third-order valence-electron chi connectivity index (χ3n) is 5.41. The molecule has 0 aliphatic carbocycles. The molecule has 4 rings (SSSR count). The van der Waals surface area contributed by atoms with Crippen molar-refractivity contribution in [1.29, 1.82) is 0 Å². The molecule has 0 spiro atoms. The van der Waals surface area contributed by atoms with Crippen LogP contribution in [0.4, 0.5) is 5.95 Å². The van der Waals surface area contributed by atoms with Crippen LogP contribution in [0.2, 0.25) is 0 Å². The van der Waals surface area contributed by atoms with E-state index in [1.54, 1.807) is 6.20 Å². The average Bonchev–Trinajstić information content (AvgIpc) is 2.78. The van der Waals surface area contributed by atoms with Crippen LogP contribution in [-0.4, -0.2) is 29.0 Å². The normalized spacial score (nSPS) is 16.6. The van der Waals surface area contributed by atoms with Crippen LogP contribution in [0.5, 0.6) is 0 Å². The third kappa shape index (κ3) is 4.62. The summed E-state index contributed by atoms with van der Waals surface area (Å²) < 4.78 is 0. The lowest BCUT2D eigenvalue weighted by atomic mass is 9.94. The Morgan fingerprint density at radius 3 is 2.31 bits per heavy atom. The second kappa shape index (κ2) is 8.86. The number of carbonyl (C=O) groups is 1. The first-order valence-electron chi connectivity index (χ1n) is 10.2. The topological polar surface area (TPSA) is 58.1 Å². The quantitative estimate of drug-likeness (QED) is 0.722. The van der Waals surface area contributed by atoms with Gasteiger partial charge in [0.25, 0.3) is 0 Å². The number of hydrogen-bond acceptors (Lipinski definition) is 4. The molecule has 1 fully saturated rings. The van der Waals surface area contributed by atoms with Gasteiger partial charge in [-0.25, -0.2) is 9.97 Å². The molecule has 1 atom stereocenters. The molecule has 1 N–H and O–H groups in total. The minimum Gasteiger partial charge on any atom is -0.345 e. The number of rotatable bonds is 5. The Morgan fingerprint density at radius 2 is 1.69 bits per heavy atom. The van der Waals surface area contributed by atoms with Gasteiger partial charge in [-0.15, -0.1) is 0 Å². The molecule has 5 heteroatoms. The third-order valence-corrected chi connectivity index (χ3v) is 5.41. The summed E-state index contributed by atoms with van der Waals surface area (Å²) in [4.78, 5) is 24.3. The molecule has 1 aromatic heterocycles. The zero-order chi connectivity index (χ0) is 20.1. The van der Waals surface area contributed by atoms with E-state index in [4.69, 9.17) is 0 Å². The molecule has 1 unspecified atom stereocenters. The maximum Gasteiger partial charge on any atom is 0.225 e. The number of piperidine rings is 1. The number of anilines is 1. The fourth-order valence-electron chi connectivity index (χ4n) is 3.87. The summed E-state index contributed by atoms with van der Waals surface area (Å²) in [6, 6.07) is 22.0. The summed E-state index contributed by atoms with van der Waals surface area (Å²) in [5.74, 6) is 0.716. The zero-order valence-electron chi connectivity index (χ0n) is 16.7. The van der Waals surface area contributed by atoms with Gasteiger partial charge in [-0.2, -0.15) is 0 Å². The number of nitrogens with zero attached hydrogens (tertiary/aromatic N) is 3. The number of aryl methyl sites for hydroxylation is 1. The molecule has 5 nitrogen and oxygen atoms in total. The van der Waals surface area contributed by atoms with Crippen molar-refractivity contribution < 1.29 is 4.79 Å². The van der Waals surface area contributed by atoms with Crippen LogP contribution in [-0.2, 0) is 4.79 Å². The van der Waals surface area contributed by atoms with Gasteiger partial charge in [-0.1, -0.05) is 60.7 Å². The van der Waals surface area contributed by atoms with E-state index in [9.17, 15) is 4.79 Å². The van der Waals surface area contributed by atoms with Crippen LogP contribution >= 0.6 is 0 Å². The number of nitrogens with one attached hydrogen (secondary N) is 1. The Hall–Kier alpha value is -3.21. The van der Waals surface area contributed by atoms with Crippen LogP contribution in [0.15, 0.2) is 72.9 Å². The highest BCUT2D eigenvalue weighted by molar-refractivity contribution is 5.80. The van der Waals surface area contributed by atoms with Crippen LogP contribution < -0.4 is 10.2 Å². The fourth-order valence-corrected chi connectivity index (χ4v) is 3.87. The van der Waals surface area contributed by atoms with Gasteiger partial charge in [0.05, 0.1) is 12.0 Å². The molecule has 0 bridgehead atoms. The number of carbonyl (C=O) groups excluding carboxylic acids is 1. The predicted molar refractivity (Wildman–Crippen MR) is 115 cm³/mol. The summed E-state index contributed by atoms with van der Waals surface area (Å²) in [7, 11) is 0. The maximum atomic E-state index is 13.2. The molecule has 0 radical (unpaired) electrons. The lowest BCUT2D eigenvalue weighted by Crippen LogP contribution is -2.44. The number of amides is 1. The molecule has 1 aliphatic heterocycles. The molecule has 1 aliphatic rings. The smallest absolute Gasteiger partial charge is 0.225 e. The van der Waals surface area contributed by atoms with E-state index in [2.05, 4.69) is 44.5 Å². The molecule has 29 heavy (non-hydrogen) atoms. The van der Waals surface area contributed by atoms with E-state index in [0.29, 0.717) is 12.5 Å². The summed E-state index contributed by atoms with van der Waals surface area (Å²) in [6.07, 6.45) is 3.61. The van der Waals surface area contributed by atoms with Crippen LogP contribution in [0.25, 0.3) is 0 Å². The van der Waals surface area contributed by atoms with Crippen molar-refractivity contribution in [3.8, 4) is 0 Å². The molecule has 3 aromatic rings. The molecule has 1 amide bonds. The minimum atomic E-state index is -0.157. The van der Waals surface area contributed by atoms with Gasteiger partial charge < -0.3 is 10.2 Å². The monoisotopic (exact) mass is 386 g/mol. The molecule has 0 saturated carbocycles. The molecular weight excluding hydrogens is 360 g/mol. The molecule has 2 heterocycles. The lowest BCUT2D eigenvalue weighted by molar-refractivity contribution is -0.125. The molecule has 2 aromatic carbocycles. The summed E-state index contributed by atoms with van der Waals surface area (Å²) in [5, 5.41) is 3.30. The van der Waals surface area contributed by atoms with Gasteiger partial charge in [0.15, 0.2) is 0 Å². The van der Waals surface area contributed by atoms with Crippen molar-refractivity contribution in [2.24, 2.45) is 5.92 Å². The summed E-state index contributed by atoms with van der Waals surface area (Å²) in [5.41, 5.74) is 3.11. The first kappa shape index (κ1) is 19.1. The standard InChI is InChI=1S/C24H26N4O/c1-18-14-15-25-24(26-18)28-16-8-13-21(17-28)23(29)27-22(19-9-4-2-5-10-19)20-11-6-3-7-12-20/h2-7,9-12,14-15,21-22H,8,13,16-17H2,1H3,(H,27,29). The molecule has 148 valence electrons. The van der Waals surface area contributed by atoms with Crippen molar-refractivity contribution in [2.75, 3.05) is 18.0 Å². The second-order valence-corrected chi connectivity index (χ2v) is 7.55. The van der Waals surface area contributed by atoms with Gasteiger partial charge >= 0.3 is 0 Å². The summed E-state index contributed by atoms with van der Waals surface area (Å²) >= 11 is 0. The minimum absolute atomic E-state index is 0.0808. The van der Waals surface area contributed by atoms with Crippen molar-refractivity contribution in [3.05, 3.63) is 89.7 Å². The SMILES string of the molecule is Cc1ccnc(N2CCCC(C(=O)NC(c3ccccc3)c3ccccc3)C2)n1. The Labute approximate surface area is 171 Å². The lowest BCUT2D eigenvalue weighted by Gasteiger charge is -2.33. The van der Waals surface area contributed by atoms with E-state index < -0.39 is 0 Å². The van der Waals surface area contributed by atoms with Crippen molar-refractivity contribution in [1.82, 2.24) is 15.3 Å². The van der Waals surface area contributed by atoms with Crippen LogP contribution in [0.3, 0.4) is 0 Å². The summed E-state index contributed by atoms with van der Waals surface area (Å²) in [6.45, 7) is 3.49. The first-order chi connectivity index (χ1) is 14.2. The number of hydrogen-bond donors (Lipinski definition) is 1. The number of aromatic nitrogens is 2. The van der Waals surface area contributed by atoms with Gasteiger partial charge in [0, 0.05) is 25.0 Å². The van der Waals surface area contributed by atoms with Gasteiger partial charge in [0.1, 0.15) is 0 Å². The Morgan fingerprint density at radius 1 is 1.03 bits per heavy atom. The van der Waals surface area contributed by atoms with Crippen molar-refractivity contribution in [2.45, 2.75) is 25.8 Å². The predicted octanol–water partition coefficient (Wildman–Crippen LogP) is 3.91. The van der Waals surface area contributed by atoms with E-state index in [1.165, 1.54) is 0 Å². The zero-order valence-corrected chi connectivity index (χ0v) is 16.7. The van der Waals surface area contributed by atoms with E-state index in [0.717, 1.165) is 36.2 Å². The second-order valence-electron chi connectivity index (χ2n) is 7.55. The molecule has 1 saturated heterocycles. The highest BCUT2D eigenvalue weighted by Crippen LogP contribution is 2.25. The maximum absolute atomic E-state index is 13.2. The van der Waals surface area contributed by atoms with Crippen molar-refractivity contribution in [3.63, 3.8) is 0 Å². The Balaban J connectivity index is 1.51. The van der Waals surface area contributed by atoms with E-state index in [1.807, 2.05) is 49.4 Å². The van der Waals surface area contributed by atoms with E-state index >= 15 is 0 Å². The Bertz CT molecular complexity index is 906. The van der Waals surface area contributed by atoms with E-state index in [-0.39, 0.29) is 17.9 Å². The van der Waals surface area contributed by atoms with Gasteiger partial charge in [-0.3, -0.25) is 4.79 Å². The highest BCUT2D eigenvalue weighted by Gasteiger charge is 2.29. The van der Waals surface area contributed by atoms with Crippen LogP contribution in [0.1, 0.15) is 35.7 Å². The van der Waals surface area contributed by atoms with Crippen molar-refractivity contribution >= 4 is 11.9 Å². The van der Waals surface area contributed by atoms with Gasteiger partial charge in [0.2, 0.25) is 11.9 Å². The highest BCUT2D eigenvalue weighted by atomic mass is 16.2. The van der Waals surface area contributed by atoms with Gasteiger partial charge in [-0.05, 0) is 37.0 Å². The fraction of sp³-hybridized carbons (Fsp3) is 0.292.